The molecule has 1 N–H and O–H groups in total. The molecule has 0 radical (unpaired) electrons. The first-order valence-electron chi connectivity index (χ1n) is 7.11. The first-order valence-corrected chi connectivity index (χ1v) is 8.65. The van der Waals surface area contributed by atoms with Gasteiger partial charge in [-0.3, -0.25) is 4.79 Å². The van der Waals surface area contributed by atoms with Crippen LogP contribution in [0.2, 0.25) is 10.0 Å². The number of hydrogen-bond acceptors (Lipinski definition) is 4. The standard InChI is InChI=1S/C17H11BrCl2N2O3/c18-10-1-6-16(21-8-10)22-17(23)15-5-3-12(25-15)9-24-14-4-2-11(19)7-13(14)20/h1-8H,9H2,(H,21,22,23). The van der Waals surface area contributed by atoms with Crippen LogP contribution in [-0.4, -0.2) is 10.9 Å². The fourth-order valence-corrected chi connectivity index (χ4v) is 2.64. The summed E-state index contributed by atoms with van der Waals surface area (Å²) in [7, 11) is 0. The average Bonchev–Trinajstić information content (AvgIpc) is 3.05. The zero-order chi connectivity index (χ0) is 17.8. The van der Waals surface area contributed by atoms with E-state index in [4.69, 9.17) is 32.4 Å². The van der Waals surface area contributed by atoms with Gasteiger partial charge in [0.05, 0.1) is 5.02 Å². The molecule has 0 aliphatic rings. The number of benzene rings is 1. The number of nitrogens with one attached hydrogen (secondary N) is 1. The molecule has 0 bridgehead atoms. The molecule has 3 rings (SSSR count). The third kappa shape index (κ3) is 4.75. The maximum Gasteiger partial charge on any atom is 0.292 e. The summed E-state index contributed by atoms with van der Waals surface area (Å²) in [5.41, 5.74) is 0. The number of hydrogen-bond donors (Lipinski definition) is 1. The van der Waals surface area contributed by atoms with Gasteiger partial charge < -0.3 is 14.5 Å². The Hall–Kier alpha value is -2.02. The predicted octanol–water partition coefficient (Wildman–Crippen LogP) is 5.58. The zero-order valence-corrected chi connectivity index (χ0v) is 15.7. The van der Waals surface area contributed by atoms with Crippen molar-refractivity contribution in [1.29, 1.82) is 0 Å². The molecule has 0 atom stereocenters. The number of anilines is 1. The van der Waals surface area contributed by atoms with Crippen molar-refractivity contribution in [3.8, 4) is 5.75 Å². The molecule has 0 aliphatic heterocycles. The molecule has 0 aliphatic carbocycles. The van der Waals surface area contributed by atoms with Crippen molar-refractivity contribution in [3.63, 3.8) is 0 Å². The van der Waals surface area contributed by atoms with Crippen LogP contribution in [0.1, 0.15) is 16.3 Å². The molecular formula is C17H11BrCl2N2O3. The highest BCUT2D eigenvalue weighted by molar-refractivity contribution is 9.10. The van der Waals surface area contributed by atoms with E-state index in [0.717, 1.165) is 4.47 Å². The van der Waals surface area contributed by atoms with Crippen LogP contribution in [0.5, 0.6) is 5.75 Å². The summed E-state index contributed by atoms with van der Waals surface area (Å²) in [6, 6.07) is 11.6. The van der Waals surface area contributed by atoms with E-state index in [9.17, 15) is 4.79 Å². The van der Waals surface area contributed by atoms with Gasteiger partial charge >= 0.3 is 0 Å². The fourth-order valence-electron chi connectivity index (χ4n) is 1.95. The summed E-state index contributed by atoms with van der Waals surface area (Å²) in [6.45, 7) is 0.130. The van der Waals surface area contributed by atoms with E-state index in [1.54, 1.807) is 48.7 Å². The Morgan fingerprint density at radius 1 is 1.20 bits per heavy atom. The van der Waals surface area contributed by atoms with Gasteiger partial charge in [0, 0.05) is 15.7 Å². The Bertz CT molecular complexity index is 897. The second-order valence-corrected chi connectivity index (χ2v) is 6.70. The summed E-state index contributed by atoms with van der Waals surface area (Å²) in [5.74, 6) is 1.15. The summed E-state index contributed by atoms with van der Waals surface area (Å²) in [5, 5.41) is 3.57. The number of amides is 1. The van der Waals surface area contributed by atoms with Crippen LogP contribution < -0.4 is 10.1 Å². The smallest absolute Gasteiger partial charge is 0.292 e. The van der Waals surface area contributed by atoms with E-state index >= 15 is 0 Å². The van der Waals surface area contributed by atoms with Crippen LogP contribution in [-0.2, 0) is 6.61 Å². The summed E-state index contributed by atoms with van der Waals surface area (Å²) < 4.78 is 11.9. The summed E-state index contributed by atoms with van der Waals surface area (Å²) in [6.07, 6.45) is 1.59. The van der Waals surface area contributed by atoms with Crippen molar-refractivity contribution in [1.82, 2.24) is 4.98 Å². The van der Waals surface area contributed by atoms with Gasteiger partial charge in [0.15, 0.2) is 5.76 Å². The normalized spacial score (nSPS) is 10.5. The van der Waals surface area contributed by atoms with E-state index in [0.29, 0.717) is 27.4 Å². The van der Waals surface area contributed by atoms with E-state index in [1.807, 2.05) is 0 Å². The lowest BCUT2D eigenvalue weighted by Gasteiger charge is -2.06. The van der Waals surface area contributed by atoms with E-state index < -0.39 is 5.91 Å². The minimum atomic E-state index is -0.398. The molecule has 128 valence electrons. The Balaban J connectivity index is 1.61. The first-order chi connectivity index (χ1) is 12.0. The third-order valence-corrected chi connectivity index (χ3v) is 4.12. The first kappa shape index (κ1) is 17.8. The Labute approximate surface area is 162 Å². The van der Waals surface area contributed by atoms with Crippen LogP contribution in [0.4, 0.5) is 5.82 Å². The molecule has 0 spiro atoms. The van der Waals surface area contributed by atoms with E-state index in [-0.39, 0.29) is 12.4 Å². The molecule has 0 fully saturated rings. The van der Waals surface area contributed by atoms with Crippen LogP contribution in [0.3, 0.4) is 0 Å². The van der Waals surface area contributed by atoms with Gasteiger partial charge in [-0.2, -0.15) is 0 Å². The number of carbonyl (C=O) groups is 1. The number of furan rings is 1. The van der Waals surface area contributed by atoms with Crippen LogP contribution in [0.25, 0.3) is 0 Å². The maximum absolute atomic E-state index is 12.1. The lowest BCUT2D eigenvalue weighted by Crippen LogP contribution is -2.11. The molecule has 0 unspecified atom stereocenters. The van der Waals surface area contributed by atoms with Crippen molar-refractivity contribution in [2.45, 2.75) is 6.61 Å². The quantitative estimate of drug-likeness (QED) is 0.561. The number of aromatic nitrogens is 1. The highest BCUT2D eigenvalue weighted by Crippen LogP contribution is 2.28. The van der Waals surface area contributed by atoms with Crippen molar-refractivity contribution in [2.75, 3.05) is 5.32 Å². The number of nitrogens with zero attached hydrogens (tertiary/aromatic N) is 1. The van der Waals surface area contributed by atoms with Crippen molar-refractivity contribution in [3.05, 3.63) is 74.7 Å². The molecule has 8 heteroatoms. The third-order valence-electron chi connectivity index (χ3n) is 3.12. The number of ether oxygens (including phenoxy) is 1. The molecule has 5 nitrogen and oxygen atoms in total. The molecule has 1 amide bonds. The molecular weight excluding hydrogens is 431 g/mol. The minimum Gasteiger partial charge on any atom is -0.484 e. The SMILES string of the molecule is O=C(Nc1ccc(Br)cn1)c1ccc(COc2ccc(Cl)cc2Cl)o1. The number of halogens is 3. The Morgan fingerprint density at radius 3 is 2.76 bits per heavy atom. The van der Waals surface area contributed by atoms with Gasteiger partial charge in [-0.25, -0.2) is 4.98 Å². The largest absolute Gasteiger partial charge is 0.484 e. The maximum atomic E-state index is 12.1. The van der Waals surface area contributed by atoms with Crippen molar-refractivity contribution >= 4 is 50.9 Å². The Kier molecular flexibility index (Phi) is 5.63. The van der Waals surface area contributed by atoms with Crippen LogP contribution >= 0.6 is 39.1 Å². The molecule has 1 aromatic carbocycles. The van der Waals surface area contributed by atoms with Gasteiger partial charge in [-0.05, 0) is 58.4 Å². The zero-order valence-electron chi connectivity index (χ0n) is 12.6. The molecule has 2 heterocycles. The minimum absolute atomic E-state index is 0.130. The van der Waals surface area contributed by atoms with Gasteiger partial charge in [0.2, 0.25) is 0 Å². The monoisotopic (exact) mass is 440 g/mol. The van der Waals surface area contributed by atoms with Crippen LogP contribution in [0, 0.1) is 0 Å². The number of carbonyl (C=O) groups excluding carboxylic acids is 1. The van der Waals surface area contributed by atoms with Gasteiger partial charge in [0.25, 0.3) is 5.91 Å². The lowest BCUT2D eigenvalue weighted by atomic mass is 10.3. The van der Waals surface area contributed by atoms with Crippen LogP contribution in [0.15, 0.2) is 57.6 Å². The average molecular weight is 442 g/mol. The molecule has 0 saturated heterocycles. The lowest BCUT2D eigenvalue weighted by molar-refractivity contribution is 0.0992. The molecule has 3 aromatic rings. The van der Waals surface area contributed by atoms with Crippen molar-refractivity contribution in [2.24, 2.45) is 0 Å². The molecule has 25 heavy (non-hydrogen) atoms. The highest BCUT2D eigenvalue weighted by atomic mass is 79.9. The highest BCUT2D eigenvalue weighted by Gasteiger charge is 2.13. The molecule has 0 saturated carbocycles. The Morgan fingerprint density at radius 2 is 2.04 bits per heavy atom. The summed E-state index contributed by atoms with van der Waals surface area (Å²) in [4.78, 5) is 16.2. The number of pyridine rings is 1. The van der Waals surface area contributed by atoms with E-state index in [1.165, 1.54) is 0 Å². The van der Waals surface area contributed by atoms with Gasteiger partial charge in [0.1, 0.15) is 23.9 Å². The van der Waals surface area contributed by atoms with E-state index in [2.05, 4.69) is 26.2 Å². The second-order valence-electron chi connectivity index (χ2n) is 4.95. The molecule has 2 aromatic heterocycles. The topological polar surface area (TPSA) is 64.4 Å². The van der Waals surface area contributed by atoms with Crippen molar-refractivity contribution < 1.29 is 13.9 Å². The number of rotatable bonds is 5. The second kappa shape index (κ2) is 7.91. The fraction of sp³-hybridized carbons (Fsp3) is 0.0588. The van der Waals surface area contributed by atoms with Gasteiger partial charge in [-0.1, -0.05) is 23.2 Å². The van der Waals surface area contributed by atoms with Gasteiger partial charge in [-0.15, -0.1) is 0 Å². The summed E-state index contributed by atoms with van der Waals surface area (Å²) >= 11 is 15.2. The predicted molar refractivity (Wildman–Crippen MR) is 99.4 cm³/mol.